The number of carbonyl (C=O) groups excluding carboxylic acids is 2. The maximum Gasteiger partial charge on any atom is 0.573 e. The number of unbranched alkanes of at least 4 members (excludes halogenated alkanes) is 1. The Morgan fingerprint density at radius 1 is 1.12 bits per heavy atom. The molecule has 220 valence electrons. The summed E-state index contributed by atoms with van der Waals surface area (Å²) in [6.45, 7) is 0.961. The molecule has 0 aliphatic carbocycles. The standard InChI is InChI=1S/C27H31ClF5N3O4/c1-34-23(37)21-9-8-19(16-22(21)28)35-12-3-2-5-17-10-13-36(14-11-17)25(38)26(39,24(29)30)18-6-4-7-20(15-18)40-27(31,32)33/h4,6-9,15-17,24,35,39H,2-3,5,10-14H2,1H3,(H,34,37)/t26-/m1/s1. The van der Waals surface area contributed by atoms with Crippen LogP contribution in [-0.2, 0) is 10.4 Å². The number of nitrogens with one attached hydrogen (secondary N) is 2. The van der Waals surface area contributed by atoms with E-state index in [1.165, 1.54) is 7.05 Å². The van der Waals surface area contributed by atoms with Crippen LogP contribution >= 0.6 is 11.6 Å². The average molecular weight is 592 g/mol. The third kappa shape index (κ3) is 7.97. The first kappa shape index (κ1) is 31.4. The Bertz CT molecular complexity index is 1180. The summed E-state index contributed by atoms with van der Waals surface area (Å²) in [7, 11) is 1.52. The van der Waals surface area contributed by atoms with Gasteiger partial charge in [0.15, 0.2) is 0 Å². The van der Waals surface area contributed by atoms with Gasteiger partial charge in [-0.15, -0.1) is 13.2 Å². The highest BCUT2D eigenvalue weighted by Crippen LogP contribution is 2.35. The number of halogens is 6. The predicted molar refractivity (Wildman–Crippen MR) is 140 cm³/mol. The van der Waals surface area contributed by atoms with Gasteiger partial charge in [-0.2, -0.15) is 0 Å². The highest BCUT2D eigenvalue weighted by molar-refractivity contribution is 6.34. The molecule has 1 fully saturated rings. The van der Waals surface area contributed by atoms with Gasteiger partial charge >= 0.3 is 6.36 Å². The fourth-order valence-electron chi connectivity index (χ4n) is 4.67. The van der Waals surface area contributed by atoms with Crippen LogP contribution in [0.1, 0.15) is 48.0 Å². The molecule has 7 nitrogen and oxygen atoms in total. The third-order valence-electron chi connectivity index (χ3n) is 6.86. The molecule has 0 radical (unpaired) electrons. The van der Waals surface area contributed by atoms with Gasteiger partial charge in [0, 0.05) is 37.9 Å². The summed E-state index contributed by atoms with van der Waals surface area (Å²) in [5.41, 5.74) is -2.80. The van der Waals surface area contributed by atoms with E-state index >= 15 is 0 Å². The Labute approximate surface area is 233 Å². The molecule has 1 aliphatic rings. The lowest BCUT2D eigenvalue weighted by molar-refractivity contribution is -0.274. The van der Waals surface area contributed by atoms with Crippen molar-refractivity contribution >= 4 is 29.1 Å². The summed E-state index contributed by atoms with van der Waals surface area (Å²) < 4.78 is 69.4. The molecule has 0 bridgehead atoms. The summed E-state index contributed by atoms with van der Waals surface area (Å²) in [5, 5.41) is 16.8. The average Bonchev–Trinajstić information content (AvgIpc) is 2.91. The second-order valence-electron chi connectivity index (χ2n) is 9.57. The Morgan fingerprint density at radius 3 is 2.42 bits per heavy atom. The van der Waals surface area contributed by atoms with Gasteiger partial charge < -0.3 is 25.4 Å². The first-order valence-corrected chi connectivity index (χ1v) is 13.1. The summed E-state index contributed by atoms with van der Waals surface area (Å²) in [6.07, 6.45) is -4.95. The Balaban J connectivity index is 1.48. The van der Waals surface area contributed by atoms with Gasteiger partial charge in [-0.1, -0.05) is 36.6 Å². The summed E-state index contributed by atoms with van der Waals surface area (Å²) in [6, 6.07) is 8.56. The number of aliphatic hydroxyl groups is 1. The van der Waals surface area contributed by atoms with E-state index in [0.717, 1.165) is 48.0 Å². The Kier molecular flexibility index (Phi) is 10.6. The molecular formula is C27H31ClF5N3O4. The number of piperidine rings is 1. The van der Waals surface area contributed by atoms with Crippen LogP contribution in [0.3, 0.4) is 0 Å². The van der Waals surface area contributed by atoms with Gasteiger partial charge in [0.05, 0.1) is 10.6 Å². The fourth-order valence-corrected chi connectivity index (χ4v) is 4.94. The molecule has 40 heavy (non-hydrogen) atoms. The second kappa shape index (κ2) is 13.5. The van der Waals surface area contributed by atoms with Crippen LogP contribution < -0.4 is 15.4 Å². The van der Waals surface area contributed by atoms with Crippen molar-refractivity contribution in [1.82, 2.24) is 10.2 Å². The number of amides is 2. The molecular weight excluding hydrogens is 561 g/mol. The summed E-state index contributed by atoms with van der Waals surface area (Å²) in [4.78, 5) is 25.9. The number of hydrogen-bond acceptors (Lipinski definition) is 5. The number of ether oxygens (including phenoxy) is 1. The van der Waals surface area contributed by atoms with Crippen LogP contribution in [0.4, 0.5) is 27.6 Å². The Hall–Kier alpha value is -3.12. The topological polar surface area (TPSA) is 90.9 Å². The zero-order valence-electron chi connectivity index (χ0n) is 21.7. The normalized spacial score (nSPS) is 16.0. The molecule has 0 aromatic heterocycles. The van der Waals surface area contributed by atoms with Crippen LogP contribution in [0, 0.1) is 5.92 Å². The molecule has 13 heteroatoms. The maximum atomic E-state index is 14.0. The number of carbonyl (C=O) groups is 2. The van der Waals surface area contributed by atoms with Gasteiger partial charge in [0.2, 0.25) is 5.60 Å². The molecule has 1 saturated heterocycles. The van der Waals surface area contributed by atoms with Crippen molar-refractivity contribution in [2.24, 2.45) is 5.92 Å². The van der Waals surface area contributed by atoms with Crippen molar-refractivity contribution in [1.29, 1.82) is 0 Å². The van der Waals surface area contributed by atoms with Crippen LogP contribution in [0.2, 0.25) is 5.02 Å². The van der Waals surface area contributed by atoms with Crippen LogP contribution in [0.5, 0.6) is 5.75 Å². The van der Waals surface area contributed by atoms with Crippen molar-refractivity contribution in [3.8, 4) is 5.75 Å². The highest BCUT2D eigenvalue weighted by Gasteiger charge is 2.50. The van der Waals surface area contributed by atoms with Crippen molar-refractivity contribution in [2.45, 2.75) is 50.5 Å². The molecule has 2 aromatic carbocycles. The highest BCUT2D eigenvalue weighted by atomic mass is 35.5. The van der Waals surface area contributed by atoms with E-state index in [4.69, 9.17) is 11.6 Å². The smallest absolute Gasteiger partial charge is 0.406 e. The molecule has 2 amide bonds. The van der Waals surface area contributed by atoms with E-state index < -0.39 is 35.6 Å². The van der Waals surface area contributed by atoms with Crippen LogP contribution in [-0.4, -0.2) is 61.3 Å². The van der Waals surface area contributed by atoms with Crippen molar-refractivity contribution in [2.75, 3.05) is 32.0 Å². The molecule has 0 saturated carbocycles. The number of anilines is 1. The SMILES string of the molecule is CNC(=O)c1ccc(NCCCCC2CCN(C(=O)[C@@](O)(c3cccc(OC(F)(F)F)c3)C(F)F)CC2)cc1Cl. The minimum absolute atomic E-state index is 0.145. The van der Waals surface area contributed by atoms with E-state index in [9.17, 15) is 36.6 Å². The Morgan fingerprint density at radius 2 is 1.82 bits per heavy atom. The van der Waals surface area contributed by atoms with Crippen LogP contribution in [0.15, 0.2) is 42.5 Å². The van der Waals surface area contributed by atoms with Gasteiger partial charge in [0.1, 0.15) is 5.75 Å². The molecule has 2 aromatic rings. The lowest BCUT2D eigenvalue weighted by atomic mass is 9.88. The molecule has 0 unspecified atom stereocenters. The minimum atomic E-state index is -5.06. The number of alkyl halides is 5. The van der Waals surface area contributed by atoms with Gasteiger partial charge in [-0.25, -0.2) is 8.78 Å². The van der Waals surface area contributed by atoms with Crippen molar-refractivity contribution in [3.63, 3.8) is 0 Å². The lowest BCUT2D eigenvalue weighted by Gasteiger charge is -2.37. The monoisotopic (exact) mass is 591 g/mol. The first-order chi connectivity index (χ1) is 18.8. The van der Waals surface area contributed by atoms with Crippen molar-refractivity contribution < 1.29 is 41.4 Å². The lowest BCUT2D eigenvalue weighted by Crippen LogP contribution is -2.53. The number of likely N-dealkylation sites (tertiary alicyclic amines) is 1. The summed E-state index contributed by atoms with van der Waals surface area (Å²) in [5.74, 6) is -2.08. The zero-order chi connectivity index (χ0) is 29.5. The van der Waals surface area contributed by atoms with E-state index in [-0.39, 0.29) is 24.9 Å². The quantitative estimate of drug-likeness (QED) is 0.235. The molecule has 3 N–H and O–H groups in total. The fraction of sp³-hybridized carbons (Fsp3) is 0.481. The van der Waals surface area contributed by atoms with Crippen LogP contribution in [0.25, 0.3) is 0 Å². The predicted octanol–water partition coefficient (Wildman–Crippen LogP) is 5.57. The minimum Gasteiger partial charge on any atom is -0.406 e. The molecule has 1 aliphatic heterocycles. The molecule has 1 atom stereocenters. The summed E-state index contributed by atoms with van der Waals surface area (Å²) >= 11 is 6.16. The number of rotatable bonds is 11. The maximum absolute atomic E-state index is 14.0. The number of benzene rings is 2. The molecule has 3 rings (SSSR count). The van der Waals surface area contributed by atoms with E-state index in [1.807, 2.05) is 0 Å². The number of hydrogen-bond donors (Lipinski definition) is 3. The molecule has 0 spiro atoms. The molecule has 1 heterocycles. The van der Waals surface area contributed by atoms with Crippen molar-refractivity contribution in [3.05, 3.63) is 58.6 Å². The third-order valence-corrected chi connectivity index (χ3v) is 7.17. The van der Waals surface area contributed by atoms with Gasteiger partial charge in [-0.05, 0) is 55.5 Å². The van der Waals surface area contributed by atoms with E-state index in [1.54, 1.807) is 18.2 Å². The zero-order valence-corrected chi connectivity index (χ0v) is 22.5. The van der Waals surface area contributed by atoms with Gasteiger partial charge in [-0.3, -0.25) is 9.59 Å². The van der Waals surface area contributed by atoms with E-state index in [2.05, 4.69) is 15.4 Å². The first-order valence-electron chi connectivity index (χ1n) is 12.8. The van der Waals surface area contributed by atoms with E-state index in [0.29, 0.717) is 36.0 Å². The largest absolute Gasteiger partial charge is 0.573 e. The number of nitrogens with zero attached hydrogens (tertiary/aromatic N) is 1. The second-order valence-corrected chi connectivity index (χ2v) is 9.98. The van der Waals surface area contributed by atoms with Gasteiger partial charge in [0.25, 0.3) is 18.2 Å².